The number of aliphatic hydroxyl groups excluding tert-OH is 1. The summed E-state index contributed by atoms with van der Waals surface area (Å²) in [5.74, 6) is -0.381. The molecule has 0 saturated heterocycles. The minimum Gasteiger partial charge on any atom is -0.386 e. The molecule has 106 valence electrons. The van der Waals surface area contributed by atoms with Crippen LogP contribution in [0.5, 0.6) is 0 Å². The van der Waals surface area contributed by atoms with E-state index >= 15 is 0 Å². The SMILES string of the molecule is O=c1c2ccccc2nnn1C[C@@H](O)c1ccc(F)cc1. The van der Waals surface area contributed by atoms with Crippen LogP contribution >= 0.6 is 0 Å². The van der Waals surface area contributed by atoms with Crippen molar-refractivity contribution in [2.75, 3.05) is 0 Å². The summed E-state index contributed by atoms with van der Waals surface area (Å²) in [7, 11) is 0. The van der Waals surface area contributed by atoms with E-state index in [-0.39, 0.29) is 17.9 Å². The maximum atomic E-state index is 12.9. The topological polar surface area (TPSA) is 68.0 Å². The van der Waals surface area contributed by atoms with Crippen LogP contribution in [0.3, 0.4) is 0 Å². The summed E-state index contributed by atoms with van der Waals surface area (Å²) >= 11 is 0. The van der Waals surface area contributed by atoms with Gasteiger partial charge < -0.3 is 5.11 Å². The molecular weight excluding hydrogens is 273 g/mol. The molecule has 1 N–H and O–H groups in total. The Kier molecular flexibility index (Phi) is 3.45. The predicted octanol–water partition coefficient (Wildman–Crippen LogP) is 1.66. The van der Waals surface area contributed by atoms with Crippen LogP contribution in [0.1, 0.15) is 11.7 Å². The summed E-state index contributed by atoms with van der Waals surface area (Å²) in [6.07, 6.45) is -0.959. The average molecular weight is 285 g/mol. The standard InChI is InChI=1S/C15H12FN3O2/c16-11-7-5-10(6-8-11)14(20)9-19-15(21)12-3-1-2-4-13(12)17-18-19/h1-8,14,20H,9H2/t14-/m1/s1. The Morgan fingerprint density at radius 2 is 1.86 bits per heavy atom. The zero-order valence-corrected chi connectivity index (χ0v) is 11.0. The first-order valence-electron chi connectivity index (χ1n) is 6.41. The molecule has 0 amide bonds. The van der Waals surface area contributed by atoms with Crippen molar-refractivity contribution in [3.63, 3.8) is 0 Å². The maximum Gasteiger partial charge on any atom is 0.277 e. The molecule has 1 atom stereocenters. The monoisotopic (exact) mass is 285 g/mol. The summed E-state index contributed by atoms with van der Waals surface area (Å²) < 4.78 is 14.0. The van der Waals surface area contributed by atoms with Crippen LogP contribution in [-0.2, 0) is 6.54 Å². The predicted molar refractivity (Wildman–Crippen MR) is 75.2 cm³/mol. The third-order valence-corrected chi connectivity index (χ3v) is 3.23. The molecule has 0 aliphatic heterocycles. The molecule has 1 aromatic heterocycles. The summed E-state index contributed by atoms with van der Waals surface area (Å²) in [5.41, 5.74) is 0.704. The van der Waals surface area contributed by atoms with Crippen molar-refractivity contribution in [1.29, 1.82) is 0 Å². The second kappa shape index (κ2) is 5.41. The third kappa shape index (κ3) is 2.66. The summed E-state index contributed by atoms with van der Waals surface area (Å²) in [4.78, 5) is 12.2. The van der Waals surface area contributed by atoms with E-state index in [4.69, 9.17) is 0 Å². The van der Waals surface area contributed by atoms with Gasteiger partial charge >= 0.3 is 0 Å². The number of halogens is 1. The highest BCUT2D eigenvalue weighted by Crippen LogP contribution is 2.14. The van der Waals surface area contributed by atoms with Gasteiger partial charge in [0.05, 0.1) is 18.0 Å². The first-order chi connectivity index (χ1) is 10.1. The Bertz CT molecular complexity index is 830. The zero-order valence-electron chi connectivity index (χ0n) is 11.0. The van der Waals surface area contributed by atoms with Crippen LogP contribution in [0.25, 0.3) is 10.9 Å². The number of hydrogen-bond donors (Lipinski definition) is 1. The van der Waals surface area contributed by atoms with Crippen LogP contribution in [0, 0.1) is 5.82 Å². The van der Waals surface area contributed by atoms with Crippen LogP contribution in [0.15, 0.2) is 53.3 Å². The van der Waals surface area contributed by atoms with E-state index in [2.05, 4.69) is 10.3 Å². The molecule has 0 unspecified atom stereocenters. The van der Waals surface area contributed by atoms with Gasteiger partial charge in [-0.25, -0.2) is 9.07 Å². The minimum absolute atomic E-state index is 0.0394. The minimum atomic E-state index is -0.959. The van der Waals surface area contributed by atoms with E-state index in [0.29, 0.717) is 16.5 Å². The molecule has 6 heteroatoms. The van der Waals surface area contributed by atoms with Gasteiger partial charge in [0.15, 0.2) is 0 Å². The molecule has 2 aromatic carbocycles. The van der Waals surface area contributed by atoms with Crippen molar-refractivity contribution in [2.24, 2.45) is 0 Å². The van der Waals surface area contributed by atoms with Gasteiger partial charge in [-0.2, -0.15) is 0 Å². The fourth-order valence-electron chi connectivity index (χ4n) is 2.10. The normalized spacial score (nSPS) is 12.5. The van der Waals surface area contributed by atoms with Gasteiger partial charge in [-0.15, -0.1) is 5.10 Å². The third-order valence-electron chi connectivity index (χ3n) is 3.23. The van der Waals surface area contributed by atoms with Crippen LogP contribution in [0.2, 0.25) is 0 Å². The molecule has 0 saturated carbocycles. The fourth-order valence-corrected chi connectivity index (χ4v) is 2.10. The lowest BCUT2D eigenvalue weighted by molar-refractivity contribution is 0.148. The quantitative estimate of drug-likeness (QED) is 0.794. The van der Waals surface area contributed by atoms with Crippen molar-refractivity contribution < 1.29 is 9.50 Å². The summed E-state index contributed by atoms with van der Waals surface area (Å²) in [6, 6.07) is 12.3. The van der Waals surface area contributed by atoms with Gasteiger partial charge in [-0.3, -0.25) is 4.79 Å². The second-order valence-electron chi connectivity index (χ2n) is 4.66. The molecule has 0 spiro atoms. The molecule has 0 aliphatic carbocycles. The lowest BCUT2D eigenvalue weighted by Gasteiger charge is -2.11. The van der Waals surface area contributed by atoms with Crippen LogP contribution in [-0.4, -0.2) is 20.1 Å². The zero-order chi connectivity index (χ0) is 14.8. The van der Waals surface area contributed by atoms with Gasteiger partial charge in [0.25, 0.3) is 5.56 Å². The Morgan fingerprint density at radius 3 is 2.62 bits per heavy atom. The van der Waals surface area contributed by atoms with E-state index in [1.807, 2.05) is 0 Å². The first kappa shape index (κ1) is 13.4. The van der Waals surface area contributed by atoms with Gasteiger partial charge in [0, 0.05) is 0 Å². The van der Waals surface area contributed by atoms with E-state index in [1.54, 1.807) is 24.3 Å². The lowest BCUT2D eigenvalue weighted by atomic mass is 10.1. The van der Waals surface area contributed by atoms with Crippen molar-refractivity contribution in [3.05, 3.63) is 70.3 Å². The molecule has 0 radical (unpaired) electrons. The highest BCUT2D eigenvalue weighted by Gasteiger charge is 2.12. The van der Waals surface area contributed by atoms with E-state index in [9.17, 15) is 14.3 Å². The number of aliphatic hydroxyl groups is 1. The second-order valence-corrected chi connectivity index (χ2v) is 4.66. The Morgan fingerprint density at radius 1 is 1.14 bits per heavy atom. The number of hydrogen-bond acceptors (Lipinski definition) is 4. The number of rotatable bonds is 3. The highest BCUT2D eigenvalue weighted by molar-refractivity contribution is 5.76. The molecule has 5 nitrogen and oxygen atoms in total. The molecule has 0 fully saturated rings. The van der Waals surface area contributed by atoms with Gasteiger partial charge in [0.1, 0.15) is 11.3 Å². The lowest BCUT2D eigenvalue weighted by Crippen LogP contribution is -2.27. The van der Waals surface area contributed by atoms with Gasteiger partial charge in [0.2, 0.25) is 0 Å². The molecule has 3 rings (SSSR count). The van der Waals surface area contributed by atoms with E-state index in [1.165, 1.54) is 24.3 Å². The average Bonchev–Trinajstić information content (AvgIpc) is 2.51. The van der Waals surface area contributed by atoms with Crippen molar-refractivity contribution >= 4 is 10.9 Å². The number of nitrogens with zero attached hydrogens (tertiary/aromatic N) is 3. The van der Waals surface area contributed by atoms with Crippen molar-refractivity contribution in [1.82, 2.24) is 15.0 Å². The fraction of sp³-hybridized carbons (Fsp3) is 0.133. The molecule has 0 aliphatic rings. The maximum absolute atomic E-state index is 12.9. The van der Waals surface area contributed by atoms with Crippen molar-refractivity contribution in [2.45, 2.75) is 12.6 Å². The van der Waals surface area contributed by atoms with Crippen LogP contribution < -0.4 is 5.56 Å². The van der Waals surface area contributed by atoms with Gasteiger partial charge in [-0.05, 0) is 29.8 Å². The molecule has 1 heterocycles. The Hall–Kier alpha value is -2.60. The van der Waals surface area contributed by atoms with E-state index < -0.39 is 6.10 Å². The molecular formula is C15H12FN3O2. The summed E-state index contributed by atoms with van der Waals surface area (Å²) in [6.45, 7) is -0.0394. The highest BCUT2D eigenvalue weighted by atomic mass is 19.1. The Balaban J connectivity index is 1.93. The smallest absolute Gasteiger partial charge is 0.277 e. The van der Waals surface area contributed by atoms with Gasteiger partial charge in [-0.1, -0.05) is 29.5 Å². The van der Waals surface area contributed by atoms with Crippen molar-refractivity contribution in [3.8, 4) is 0 Å². The largest absolute Gasteiger partial charge is 0.386 e. The van der Waals surface area contributed by atoms with E-state index in [0.717, 1.165) is 4.68 Å². The molecule has 3 aromatic rings. The van der Waals surface area contributed by atoms with Crippen LogP contribution in [0.4, 0.5) is 4.39 Å². The first-order valence-corrected chi connectivity index (χ1v) is 6.41. The Labute approximate surface area is 119 Å². The number of benzene rings is 2. The summed E-state index contributed by atoms with van der Waals surface area (Å²) in [5, 5.41) is 18.3. The molecule has 21 heavy (non-hydrogen) atoms. The number of fused-ring (bicyclic) bond motifs is 1. The number of aromatic nitrogens is 3. The molecule has 0 bridgehead atoms.